The van der Waals surface area contributed by atoms with Crippen molar-refractivity contribution >= 4 is 82.5 Å². The molecule has 2 bridgehead atoms. The maximum absolute atomic E-state index is 15.8. The molecule has 402 valence electrons. The minimum absolute atomic E-state index is 0.00330. The predicted octanol–water partition coefficient (Wildman–Crippen LogP) is 6.20. The molecule has 0 aromatic heterocycles. The number of carbonyl (C=O) groups is 8. The van der Waals surface area contributed by atoms with Gasteiger partial charge in [0.05, 0.1) is 23.5 Å². The van der Waals surface area contributed by atoms with Crippen LogP contribution in [0.2, 0.25) is 0 Å². The van der Waals surface area contributed by atoms with Gasteiger partial charge in [-0.2, -0.15) is 0 Å². The van der Waals surface area contributed by atoms with Crippen LogP contribution in [0.1, 0.15) is 93.6 Å². The molecule has 7 rings (SSSR count). The maximum Gasteiger partial charge on any atom is 0.509 e. The number of hydrogen-bond donors (Lipinski definition) is 3. The van der Waals surface area contributed by atoms with Gasteiger partial charge in [0.15, 0.2) is 17.5 Å². The van der Waals surface area contributed by atoms with Crippen LogP contribution < -0.4 is 5.32 Å². The highest BCUT2D eigenvalue weighted by atomic mass is 35.6. The van der Waals surface area contributed by atoms with E-state index in [9.17, 15) is 39.0 Å². The molecule has 3 aromatic carbocycles. The minimum Gasteiger partial charge on any atom is -0.458 e. The molecular formula is C53H56Cl3NO18. The summed E-state index contributed by atoms with van der Waals surface area (Å²) in [7, 11) is 0. The molecule has 1 aliphatic heterocycles. The van der Waals surface area contributed by atoms with E-state index < -0.39 is 148 Å². The van der Waals surface area contributed by atoms with E-state index in [0.29, 0.717) is 0 Å². The van der Waals surface area contributed by atoms with E-state index in [1.165, 1.54) is 71.0 Å². The summed E-state index contributed by atoms with van der Waals surface area (Å²) in [5.74, 6) is -8.76. The van der Waals surface area contributed by atoms with Crippen LogP contribution in [0.15, 0.2) is 102 Å². The van der Waals surface area contributed by atoms with Gasteiger partial charge in [-0.15, -0.1) is 0 Å². The average molecular weight is 1100 g/mol. The van der Waals surface area contributed by atoms with E-state index in [2.05, 4.69) is 5.32 Å². The molecule has 2 saturated carbocycles. The molecule has 75 heavy (non-hydrogen) atoms. The van der Waals surface area contributed by atoms with Gasteiger partial charge in [0.25, 0.3) is 5.91 Å². The van der Waals surface area contributed by atoms with Crippen LogP contribution in [-0.4, -0.2) is 129 Å². The van der Waals surface area contributed by atoms with Crippen LogP contribution in [-0.2, 0) is 61.9 Å². The fraction of sp³-hybridized carbons (Fsp3) is 0.472. The lowest BCUT2D eigenvalue weighted by molar-refractivity contribution is -0.346. The standard InChI is InChI=1S/C53H56Cl3NO18/c1-27-34(71-47(65)40(73-48(66)69-26-53(54,55)56)38(31-17-11-8-12-18-31)57-44(62)32-19-13-9-14-20-32)24-52(67)43(74-46(64)33-21-15-10-16-22-33)41-50(7,42(61)39(60)37(27)49(52,5)6)35(72-45(63)28(2)70-29(3)58)23-36-51(41,25-68-36)75-30(4)59/h8-22,28,34-36,38-41,43,60,67H,23-26H2,1-7H3,(H,57,62)/t28?,34-,35-,36+,38-,39+,40+,41?,43?,50+,51-,52+/m0/s1. The average Bonchev–Trinajstić information content (AvgIpc) is 3.36. The molecular weight excluding hydrogens is 1040 g/mol. The fourth-order valence-electron chi connectivity index (χ4n) is 11.0. The number of rotatable bonds is 14. The van der Waals surface area contributed by atoms with Crippen molar-refractivity contribution in [3.63, 3.8) is 0 Å². The Morgan fingerprint density at radius 2 is 1.40 bits per heavy atom. The Hall–Kier alpha value is -6.09. The molecule has 3 fully saturated rings. The monoisotopic (exact) mass is 1100 g/mol. The van der Waals surface area contributed by atoms with Crippen molar-refractivity contribution < 1.29 is 86.5 Å². The van der Waals surface area contributed by atoms with E-state index in [1.807, 2.05) is 0 Å². The SMILES string of the molecule is CC(=O)OC(C)C(=O)O[C@H]1C[C@H]2OC[C@@]2(OC(C)=O)C2C(OC(=O)c3ccccc3)[C@]3(O)C[C@H](OC(=O)[C@H](OC(=O)OCC(Cl)(Cl)Cl)[C@@H](NC(=O)c4ccccc4)c4ccccc4)C(C)=C([C@@H](O)C(=O)[C@@]21C)C3(C)C. The number of carbonyl (C=O) groups excluding carboxylic acids is 8. The maximum atomic E-state index is 15.8. The Labute approximate surface area is 446 Å². The number of hydrogen-bond acceptors (Lipinski definition) is 18. The van der Waals surface area contributed by atoms with Crippen molar-refractivity contribution in [2.45, 2.75) is 125 Å². The van der Waals surface area contributed by atoms with Crippen molar-refractivity contribution in [3.05, 3.63) is 119 Å². The highest BCUT2D eigenvalue weighted by Crippen LogP contribution is 2.64. The number of fused-ring (bicyclic) bond motifs is 5. The summed E-state index contributed by atoms with van der Waals surface area (Å²) in [5, 5.41) is 29.4. The normalized spacial score (nSPS) is 28.8. The number of alkyl halides is 3. The molecule has 12 atom stereocenters. The summed E-state index contributed by atoms with van der Waals surface area (Å²) in [6.45, 7) is 7.80. The van der Waals surface area contributed by atoms with Crippen molar-refractivity contribution in [2.24, 2.45) is 16.7 Å². The molecule has 22 heteroatoms. The zero-order chi connectivity index (χ0) is 55.0. The minimum atomic E-state index is -2.59. The second-order valence-corrected chi connectivity index (χ2v) is 22.2. The topological polar surface area (TPSA) is 263 Å². The Kier molecular flexibility index (Phi) is 16.5. The summed E-state index contributed by atoms with van der Waals surface area (Å²) < 4.78 is 44.6. The number of ether oxygens (including phenoxy) is 8. The van der Waals surface area contributed by atoms with Gasteiger partial charge >= 0.3 is 36.0 Å². The van der Waals surface area contributed by atoms with Crippen LogP contribution in [0.3, 0.4) is 0 Å². The van der Waals surface area contributed by atoms with E-state index >= 15 is 9.59 Å². The first kappa shape index (κ1) is 56.6. The molecule has 1 heterocycles. The van der Waals surface area contributed by atoms with E-state index in [4.69, 9.17) is 72.7 Å². The Balaban J connectivity index is 1.41. The second kappa shape index (κ2) is 21.9. The largest absolute Gasteiger partial charge is 0.509 e. The van der Waals surface area contributed by atoms with E-state index in [1.54, 1.807) is 54.6 Å². The number of amides is 1. The highest BCUT2D eigenvalue weighted by molar-refractivity contribution is 6.67. The molecule has 3 unspecified atom stereocenters. The molecule has 1 amide bonds. The predicted molar refractivity (Wildman–Crippen MR) is 264 cm³/mol. The summed E-state index contributed by atoms with van der Waals surface area (Å²) in [6.07, 6.45) is -15.0. The first-order valence-corrected chi connectivity index (χ1v) is 24.9. The van der Waals surface area contributed by atoms with Gasteiger partial charge in [-0.3, -0.25) is 19.2 Å². The second-order valence-electron chi connectivity index (χ2n) is 19.7. The molecule has 0 radical (unpaired) electrons. The van der Waals surface area contributed by atoms with Gasteiger partial charge in [0.2, 0.25) is 9.90 Å². The van der Waals surface area contributed by atoms with Gasteiger partial charge in [-0.1, -0.05) is 115 Å². The number of halogens is 3. The molecule has 3 aromatic rings. The van der Waals surface area contributed by atoms with Crippen molar-refractivity contribution in [2.75, 3.05) is 13.2 Å². The lowest BCUT2D eigenvalue weighted by atomic mass is 9.44. The third-order valence-electron chi connectivity index (χ3n) is 14.7. The van der Waals surface area contributed by atoms with Gasteiger partial charge in [0.1, 0.15) is 48.8 Å². The molecule has 19 nitrogen and oxygen atoms in total. The van der Waals surface area contributed by atoms with E-state index in [-0.39, 0.29) is 34.3 Å². The molecule has 3 aliphatic carbocycles. The number of esters is 5. The van der Waals surface area contributed by atoms with Crippen molar-refractivity contribution in [1.29, 1.82) is 0 Å². The van der Waals surface area contributed by atoms with Crippen LogP contribution in [0.25, 0.3) is 0 Å². The van der Waals surface area contributed by atoms with Crippen molar-refractivity contribution in [3.8, 4) is 0 Å². The first-order chi connectivity index (χ1) is 35.2. The van der Waals surface area contributed by atoms with Crippen LogP contribution in [0.4, 0.5) is 4.79 Å². The molecule has 0 spiro atoms. The summed E-state index contributed by atoms with van der Waals surface area (Å²) in [5.41, 5.74) is -8.50. The number of aliphatic hydroxyl groups excluding tert-OH is 1. The zero-order valence-electron chi connectivity index (χ0n) is 41.7. The Morgan fingerprint density at radius 1 is 0.813 bits per heavy atom. The summed E-state index contributed by atoms with van der Waals surface area (Å²) in [4.78, 5) is 112. The van der Waals surface area contributed by atoms with Gasteiger partial charge in [0, 0.05) is 37.7 Å². The third-order valence-corrected chi connectivity index (χ3v) is 15.0. The number of aliphatic hydroxyl groups is 2. The molecule has 4 aliphatic rings. The lowest BCUT2D eigenvalue weighted by Gasteiger charge is -2.67. The zero-order valence-corrected chi connectivity index (χ0v) is 44.0. The summed E-state index contributed by atoms with van der Waals surface area (Å²) in [6, 6.07) is 21.8. The summed E-state index contributed by atoms with van der Waals surface area (Å²) >= 11 is 17.6. The quantitative estimate of drug-likeness (QED) is 0.0702. The number of ketones is 1. The fourth-order valence-corrected chi connectivity index (χ4v) is 11.2. The highest BCUT2D eigenvalue weighted by Gasteiger charge is 2.79. The number of benzene rings is 3. The lowest BCUT2D eigenvalue weighted by Crippen LogP contribution is -2.82. The first-order valence-electron chi connectivity index (χ1n) is 23.8. The number of nitrogens with one attached hydrogen (secondary N) is 1. The third kappa shape index (κ3) is 11.1. The van der Waals surface area contributed by atoms with E-state index in [0.717, 1.165) is 13.8 Å². The molecule has 3 N–H and O–H groups in total. The Bertz CT molecular complexity index is 2740. The van der Waals surface area contributed by atoms with Gasteiger partial charge in [-0.05, 0) is 61.7 Å². The van der Waals surface area contributed by atoms with Gasteiger partial charge < -0.3 is 53.4 Å². The smallest absolute Gasteiger partial charge is 0.458 e. The van der Waals surface area contributed by atoms with Crippen molar-refractivity contribution in [1.82, 2.24) is 5.32 Å². The molecule has 1 saturated heterocycles. The van der Waals surface area contributed by atoms with Crippen LogP contribution in [0, 0.1) is 16.7 Å². The number of Topliss-reactive ketones (excluding diaryl/α,β-unsaturated/α-hetero) is 1. The van der Waals surface area contributed by atoms with Gasteiger partial charge in [-0.25, -0.2) is 19.2 Å². The van der Waals surface area contributed by atoms with Crippen LogP contribution >= 0.6 is 34.8 Å². The van der Waals surface area contributed by atoms with Crippen LogP contribution in [0.5, 0.6) is 0 Å². The Morgan fingerprint density at radius 3 is 1.95 bits per heavy atom.